The Morgan fingerprint density at radius 3 is 2.64 bits per heavy atom. The molecule has 2 nitrogen and oxygen atoms in total. The Morgan fingerprint density at radius 1 is 1.45 bits per heavy atom. The molecule has 0 spiro atoms. The zero-order chi connectivity index (χ0) is 8.10. The van der Waals surface area contributed by atoms with Crippen LogP contribution in [0.25, 0.3) is 0 Å². The summed E-state index contributed by atoms with van der Waals surface area (Å²) in [5, 5.41) is 8.83. The lowest BCUT2D eigenvalue weighted by Crippen LogP contribution is -2.18. The Labute approximate surface area is 68.6 Å². The molecule has 1 rings (SSSR count). The molecule has 1 saturated heterocycles. The predicted octanol–water partition coefficient (Wildman–Crippen LogP) is 1.43. The molecule has 0 aliphatic carbocycles. The number of hydrogen-bond donors (Lipinski definition) is 1. The van der Waals surface area contributed by atoms with E-state index < -0.39 is 0 Å². The first-order valence-electron chi connectivity index (χ1n) is 4.51. The Bertz CT molecular complexity index is 97.7. The van der Waals surface area contributed by atoms with Gasteiger partial charge in [-0.3, -0.25) is 0 Å². The lowest BCUT2D eigenvalue weighted by Gasteiger charge is -2.23. The van der Waals surface area contributed by atoms with E-state index in [1.807, 2.05) is 0 Å². The molecule has 0 aromatic heterocycles. The molecular weight excluding hydrogens is 140 g/mol. The second kappa shape index (κ2) is 4.73. The SMILES string of the molecule is CC(CO)CC1CCOCC1. The van der Waals surface area contributed by atoms with Crippen molar-refractivity contribution in [1.29, 1.82) is 0 Å². The van der Waals surface area contributed by atoms with Crippen molar-refractivity contribution < 1.29 is 9.84 Å². The van der Waals surface area contributed by atoms with Gasteiger partial charge in [0.15, 0.2) is 0 Å². The molecule has 0 radical (unpaired) electrons. The lowest BCUT2D eigenvalue weighted by atomic mass is 9.90. The summed E-state index contributed by atoms with van der Waals surface area (Å²) in [4.78, 5) is 0. The Morgan fingerprint density at radius 2 is 2.09 bits per heavy atom. The average molecular weight is 158 g/mol. The molecule has 0 aromatic rings. The van der Waals surface area contributed by atoms with E-state index in [9.17, 15) is 0 Å². The van der Waals surface area contributed by atoms with Gasteiger partial charge in [-0.2, -0.15) is 0 Å². The topological polar surface area (TPSA) is 29.5 Å². The first-order chi connectivity index (χ1) is 5.33. The van der Waals surface area contributed by atoms with Gasteiger partial charge >= 0.3 is 0 Å². The maximum Gasteiger partial charge on any atom is 0.0468 e. The van der Waals surface area contributed by atoms with Crippen LogP contribution in [0.2, 0.25) is 0 Å². The van der Waals surface area contributed by atoms with Crippen molar-refractivity contribution in [3.8, 4) is 0 Å². The van der Waals surface area contributed by atoms with Crippen LogP contribution in [0.4, 0.5) is 0 Å². The van der Waals surface area contributed by atoms with E-state index in [0.717, 1.165) is 19.1 Å². The molecule has 0 bridgehead atoms. The standard InChI is InChI=1S/C9H18O2/c1-8(7-10)6-9-2-4-11-5-3-9/h8-10H,2-7H2,1H3. The molecule has 0 amide bonds. The van der Waals surface area contributed by atoms with Crippen molar-refractivity contribution in [2.45, 2.75) is 26.2 Å². The van der Waals surface area contributed by atoms with Crippen LogP contribution in [-0.2, 0) is 4.74 Å². The van der Waals surface area contributed by atoms with Crippen LogP contribution in [0.1, 0.15) is 26.2 Å². The molecular formula is C9H18O2. The van der Waals surface area contributed by atoms with Gasteiger partial charge in [-0.15, -0.1) is 0 Å². The van der Waals surface area contributed by atoms with Gasteiger partial charge in [0.2, 0.25) is 0 Å². The normalized spacial score (nSPS) is 23.5. The van der Waals surface area contributed by atoms with E-state index in [2.05, 4.69) is 6.92 Å². The van der Waals surface area contributed by atoms with Crippen LogP contribution in [-0.4, -0.2) is 24.9 Å². The molecule has 0 saturated carbocycles. The third-order valence-electron chi connectivity index (χ3n) is 2.39. The average Bonchev–Trinajstić information content (AvgIpc) is 2.06. The second-order valence-electron chi connectivity index (χ2n) is 3.58. The summed E-state index contributed by atoms with van der Waals surface area (Å²) in [5.41, 5.74) is 0. The van der Waals surface area contributed by atoms with Crippen LogP contribution >= 0.6 is 0 Å². The molecule has 11 heavy (non-hydrogen) atoms. The number of aliphatic hydroxyl groups is 1. The van der Waals surface area contributed by atoms with E-state index in [1.54, 1.807) is 0 Å². The highest BCUT2D eigenvalue weighted by molar-refractivity contribution is 4.66. The molecule has 1 fully saturated rings. The minimum atomic E-state index is 0.331. The molecule has 1 atom stereocenters. The number of rotatable bonds is 3. The van der Waals surface area contributed by atoms with Crippen molar-refractivity contribution in [1.82, 2.24) is 0 Å². The number of hydrogen-bond acceptors (Lipinski definition) is 2. The van der Waals surface area contributed by atoms with E-state index in [4.69, 9.17) is 9.84 Å². The van der Waals surface area contributed by atoms with Gasteiger partial charge in [0.25, 0.3) is 0 Å². The minimum absolute atomic E-state index is 0.331. The van der Waals surface area contributed by atoms with E-state index in [1.165, 1.54) is 19.3 Å². The smallest absolute Gasteiger partial charge is 0.0468 e. The van der Waals surface area contributed by atoms with Gasteiger partial charge in [0.05, 0.1) is 0 Å². The lowest BCUT2D eigenvalue weighted by molar-refractivity contribution is 0.0555. The minimum Gasteiger partial charge on any atom is -0.396 e. The molecule has 1 N–H and O–H groups in total. The van der Waals surface area contributed by atoms with Gasteiger partial charge in [0, 0.05) is 19.8 Å². The summed E-state index contributed by atoms with van der Waals surface area (Å²) in [7, 11) is 0. The van der Waals surface area contributed by atoms with Crippen LogP contribution in [0.3, 0.4) is 0 Å². The van der Waals surface area contributed by atoms with Gasteiger partial charge in [-0.05, 0) is 31.1 Å². The van der Waals surface area contributed by atoms with Crippen LogP contribution in [0, 0.1) is 11.8 Å². The van der Waals surface area contributed by atoms with Gasteiger partial charge < -0.3 is 9.84 Å². The van der Waals surface area contributed by atoms with E-state index in [0.29, 0.717) is 12.5 Å². The molecule has 1 aliphatic heterocycles. The third kappa shape index (κ3) is 3.21. The van der Waals surface area contributed by atoms with Crippen molar-refractivity contribution in [3.63, 3.8) is 0 Å². The molecule has 1 heterocycles. The monoisotopic (exact) mass is 158 g/mol. The molecule has 1 unspecified atom stereocenters. The van der Waals surface area contributed by atoms with Crippen molar-refractivity contribution >= 4 is 0 Å². The molecule has 1 aliphatic rings. The first kappa shape index (κ1) is 9.01. The zero-order valence-corrected chi connectivity index (χ0v) is 7.25. The fourth-order valence-corrected chi connectivity index (χ4v) is 1.63. The highest BCUT2D eigenvalue weighted by atomic mass is 16.5. The summed E-state index contributed by atoms with van der Waals surface area (Å²) >= 11 is 0. The van der Waals surface area contributed by atoms with Crippen LogP contribution in [0.5, 0.6) is 0 Å². The fourth-order valence-electron chi connectivity index (χ4n) is 1.63. The largest absolute Gasteiger partial charge is 0.396 e. The summed E-state index contributed by atoms with van der Waals surface area (Å²) in [6.45, 7) is 4.28. The van der Waals surface area contributed by atoms with Gasteiger partial charge in [-0.25, -0.2) is 0 Å². The maximum absolute atomic E-state index is 8.83. The Kier molecular flexibility index (Phi) is 3.87. The van der Waals surface area contributed by atoms with E-state index >= 15 is 0 Å². The third-order valence-corrected chi connectivity index (χ3v) is 2.39. The van der Waals surface area contributed by atoms with Gasteiger partial charge in [-0.1, -0.05) is 6.92 Å². The summed E-state index contributed by atoms with van der Waals surface area (Å²) in [5.74, 6) is 1.27. The highest BCUT2D eigenvalue weighted by Gasteiger charge is 2.15. The Hall–Kier alpha value is -0.0800. The van der Waals surface area contributed by atoms with Crippen molar-refractivity contribution in [3.05, 3.63) is 0 Å². The fraction of sp³-hybridized carbons (Fsp3) is 1.00. The van der Waals surface area contributed by atoms with Crippen molar-refractivity contribution in [2.75, 3.05) is 19.8 Å². The maximum atomic E-state index is 8.83. The number of aliphatic hydroxyl groups excluding tert-OH is 1. The van der Waals surface area contributed by atoms with E-state index in [-0.39, 0.29) is 0 Å². The molecule has 0 aromatic carbocycles. The summed E-state index contributed by atoms with van der Waals surface area (Å²) < 4.78 is 5.25. The second-order valence-corrected chi connectivity index (χ2v) is 3.58. The van der Waals surface area contributed by atoms with Crippen LogP contribution < -0.4 is 0 Å². The summed E-state index contributed by atoms with van der Waals surface area (Å²) in [6, 6.07) is 0. The summed E-state index contributed by atoms with van der Waals surface area (Å²) in [6.07, 6.45) is 3.54. The number of ether oxygens (including phenoxy) is 1. The Balaban J connectivity index is 2.13. The highest BCUT2D eigenvalue weighted by Crippen LogP contribution is 2.22. The molecule has 66 valence electrons. The van der Waals surface area contributed by atoms with Gasteiger partial charge in [0.1, 0.15) is 0 Å². The molecule has 2 heteroatoms. The predicted molar refractivity (Wildman–Crippen MR) is 44.4 cm³/mol. The van der Waals surface area contributed by atoms with Crippen molar-refractivity contribution in [2.24, 2.45) is 11.8 Å². The zero-order valence-electron chi connectivity index (χ0n) is 7.25. The van der Waals surface area contributed by atoms with Crippen LogP contribution in [0.15, 0.2) is 0 Å². The quantitative estimate of drug-likeness (QED) is 0.673. The first-order valence-corrected chi connectivity index (χ1v) is 4.51.